The number of anilines is 2. The minimum absolute atomic E-state index is 0.107. The third-order valence-electron chi connectivity index (χ3n) is 5.94. The van der Waals surface area contributed by atoms with Crippen molar-refractivity contribution in [2.75, 3.05) is 22.8 Å². The molecule has 2 amide bonds. The molecule has 0 spiro atoms. The van der Waals surface area contributed by atoms with Crippen molar-refractivity contribution in [1.82, 2.24) is 9.78 Å². The van der Waals surface area contributed by atoms with Gasteiger partial charge in [-0.1, -0.05) is 0 Å². The molecule has 2 heterocycles. The number of alkyl halides is 3. The molecule has 1 atom stereocenters. The molecule has 2 aliphatic rings. The van der Waals surface area contributed by atoms with Crippen molar-refractivity contribution in [3.63, 3.8) is 0 Å². The zero-order valence-electron chi connectivity index (χ0n) is 18.3. The summed E-state index contributed by atoms with van der Waals surface area (Å²) in [6.07, 6.45) is -0.0114. The van der Waals surface area contributed by atoms with Crippen LogP contribution in [0.1, 0.15) is 36.0 Å². The van der Waals surface area contributed by atoms with Gasteiger partial charge in [0.2, 0.25) is 0 Å². The number of carbonyl (C=O) groups is 1. The Morgan fingerprint density at radius 1 is 1.29 bits per heavy atom. The Morgan fingerprint density at radius 3 is 2.62 bits per heavy atom. The van der Waals surface area contributed by atoms with Crippen LogP contribution >= 0.6 is 0 Å². The molecule has 2 N–H and O–H groups in total. The van der Waals surface area contributed by atoms with E-state index in [1.54, 1.807) is 7.05 Å². The fraction of sp³-hybridized carbons (Fsp3) is 0.500. The lowest BCUT2D eigenvalue weighted by atomic mass is 10.0. The van der Waals surface area contributed by atoms with Crippen molar-refractivity contribution in [2.24, 2.45) is 7.05 Å². The molecule has 1 aliphatic heterocycles. The summed E-state index contributed by atoms with van der Waals surface area (Å²) in [5, 5.41) is 19.0. The van der Waals surface area contributed by atoms with Crippen LogP contribution < -0.4 is 14.1 Å². The monoisotopic (exact) mass is 503 g/mol. The molecule has 1 fully saturated rings. The Bertz CT molecular complexity index is 1180. The lowest BCUT2D eigenvalue weighted by Crippen LogP contribution is -3.14. The Labute approximate surface area is 194 Å². The molecule has 0 bridgehead atoms. The summed E-state index contributed by atoms with van der Waals surface area (Å²) < 4.78 is 72.3. The maximum atomic E-state index is 13.3. The van der Waals surface area contributed by atoms with E-state index in [2.05, 4.69) is 10.4 Å². The van der Waals surface area contributed by atoms with Crippen molar-refractivity contribution >= 4 is 27.6 Å². The van der Waals surface area contributed by atoms with Crippen molar-refractivity contribution in [2.45, 2.75) is 44.3 Å². The fourth-order valence-electron chi connectivity index (χ4n) is 4.35. The molecule has 1 saturated heterocycles. The topological polar surface area (TPSA) is 121 Å². The van der Waals surface area contributed by atoms with Crippen LogP contribution in [0, 0.1) is 5.21 Å². The number of fused-ring (bicyclic) bond motifs is 1. The Balaban J connectivity index is 1.64. The van der Waals surface area contributed by atoms with Gasteiger partial charge in [0.25, 0.3) is 0 Å². The van der Waals surface area contributed by atoms with Gasteiger partial charge in [-0.3, -0.25) is 10.00 Å². The van der Waals surface area contributed by atoms with Crippen LogP contribution in [-0.4, -0.2) is 43.5 Å². The van der Waals surface area contributed by atoms with Crippen LogP contribution in [-0.2, 0) is 41.0 Å². The van der Waals surface area contributed by atoms with E-state index in [4.69, 9.17) is 4.74 Å². The molecule has 186 valence electrons. The maximum absolute atomic E-state index is 13.3. The van der Waals surface area contributed by atoms with Crippen LogP contribution in [0.5, 0.6) is 0 Å². The number of amides is 2. The van der Waals surface area contributed by atoms with Gasteiger partial charge in [-0.05, 0) is 55.4 Å². The number of ether oxygens (including phenoxy) is 1. The zero-order valence-corrected chi connectivity index (χ0v) is 19.1. The molecule has 1 aromatic carbocycles. The molecule has 14 heteroatoms. The van der Waals surface area contributed by atoms with Gasteiger partial charge in [-0.2, -0.15) is 31.2 Å². The maximum Gasteiger partial charge on any atom is 0.436 e. The molecular formula is C20H24F3N5O5S. The van der Waals surface area contributed by atoms with Gasteiger partial charge in [-0.25, -0.2) is 9.10 Å². The van der Waals surface area contributed by atoms with Crippen molar-refractivity contribution in [3.05, 3.63) is 46.4 Å². The Hall–Kier alpha value is -2.68. The van der Waals surface area contributed by atoms with Crippen LogP contribution in [0.2, 0.25) is 0 Å². The number of benzene rings is 1. The molecule has 0 saturated carbocycles. The van der Waals surface area contributed by atoms with E-state index < -0.39 is 38.5 Å². The minimum Gasteiger partial charge on any atom is -0.608 e. The Morgan fingerprint density at radius 2 is 2.00 bits per heavy atom. The standard InChI is InChI=1S/C20H24F3N5O5S/c1-26-12-16(11-24-26)27(15-5-7-33-8-6-15)34(31,32)28(30)19(29)25-18-10-14(20(21,22)23)9-13-3-2-4-17(13)18/h9-12,15,28H,2-8H2,1H3,(H,25,29). The van der Waals surface area contributed by atoms with E-state index in [0.717, 1.165) is 16.4 Å². The van der Waals surface area contributed by atoms with Gasteiger partial charge >= 0.3 is 22.4 Å². The highest BCUT2D eigenvalue weighted by Crippen LogP contribution is 2.37. The SMILES string of the molecule is Cn1cc(N(C2CCOCC2)S(=O)(=O)[NH+]([O-])C(=O)Nc2cc(C(F)(F)F)cc3c2CCC3)cn1. The van der Waals surface area contributed by atoms with Gasteiger partial charge < -0.3 is 9.94 Å². The second-order valence-corrected chi connectivity index (χ2v) is 9.99. The van der Waals surface area contributed by atoms with Crippen LogP contribution in [0.25, 0.3) is 0 Å². The predicted molar refractivity (Wildman–Crippen MR) is 115 cm³/mol. The Kier molecular flexibility index (Phi) is 6.59. The summed E-state index contributed by atoms with van der Waals surface area (Å²) in [7, 11) is -3.29. The summed E-state index contributed by atoms with van der Waals surface area (Å²) in [6.45, 7) is 0.543. The molecule has 10 nitrogen and oxygen atoms in total. The average molecular weight is 504 g/mol. The normalized spacial score (nSPS) is 17.9. The van der Waals surface area contributed by atoms with E-state index in [9.17, 15) is 31.6 Å². The van der Waals surface area contributed by atoms with Crippen molar-refractivity contribution in [3.8, 4) is 0 Å². The van der Waals surface area contributed by atoms with E-state index in [1.165, 1.54) is 17.1 Å². The molecule has 34 heavy (non-hydrogen) atoms. The third-order valence-corrected chi connectivity index (χ3v) is 7.62. The highest BCUT2D eigenvalue weighted by molar-refractivity contribution is 7.86. The summed E-state index contributed by atoms with van der Waals surface area (Å²) >= 11 is 0. The van der Waals surface area contributed by atoms with Gasteiger partial charge in [0.1, 0.15) is 0 Å². The van der Waals surface area contributed by atoms with Gasteiger partial charge in [0.15, 0.2) is 0 Å². The second kappa shape index (κ2) is 9.17. The van der Waals surface area contributed by atoms with Crippen LogP contribution in [0.15, 0.2) is 24.5 Å². The average Bonchev–Trinajstić information content (AvgIpc) is 3.42. The number of rotatable bonds is 5. The molecule has 1 aliphatic carbocycles. The highest BCUT2D eigenvalue weighted by Gasteiger charge is 2.40. The molecule has 1 unspecified atom stereocenters. The number of nitrogens with zero attached hydrogens (tertiary/aromatic N) is 3. The van der Waals surface area contributed by atoms with Gasteiger partial charge in [-0.15, -0.1) is 0 Å². The van der Waals surface area contributed by atoms with Crippen molar-refractivity contribution in [1.29, 1.82) is 0 Å². The molecule has 0 radical (unpaired) electrons. The second-order valence-electron chi connectivity index (χ2n) is 8.27. The predicted octanol–water partition coefficient (Wildman–Crippen LogP) is 1.77. The smallest absolute Gasteiger partial charge is 0.436 e. The minimum atomic E-state index is -4.86. The van der Waals surface area contributed by atoms with E-state index in [-0.39, 0.29) is 24.6 Å². The van der Waals surface area contributed by atoms with E-state index in [0.29, 0.717) is 43.2 Å². The molecular weight excluding hydrogens is 479 g/mol. The lowest BCUT2D eigenvalue weighted by molar-refractivity contribution is -0.604. The largest absolute Gasteiger partial charge is 0.608 e. The number of quaternary nitrogens is 1. The highest BCUT2D eigenvalue weighted by atomic mass is 32.2. The number of hydrogen-bond donors (Lipinski definition) is 2. The molecule has 2 aromatic rings. The summed E-state index contributed by atoms with van der Waals surface area (Å²) in [5.74, 6) is 0. The van der Waals surface area contributed by atoms with Crippen LogP contribution in [0.4, 0.5) is 29.3 Å². The lowest BCUT2D eigenvalue weighted by Gasteiger charge is -2.35. The van der Waals surface area contributed by atoms with Gasteiger partial charge in [0.05, 0.1) is 29.2 Å². The first-order valence-electron chi connectivity index (χ1n) is 10.7. The molecule has 1 aromatic heterocycles. The number of hydroxylamine groups is 1. The first-order chi connectivity index (χ1) is 16.0. The number of carbonyl (C=O) groups excluding carboxylic acids is 1. The zero-order chi connectivity index (χ0) is 24.7. The summed E-state index contributed by atoms with van der Waals surface area (Å²) in [4.78, 5) is 12.8. The van der Waals surface area contributed by atoms with Gasteiger partial charge in [0, 0.05) is 26.5 Å². The quantitative estimate of drug-likeness (QED) is 0.600. The number of hydrogen-bond acceptors (Lipinski definition) is 6. The molecule has 4 rings (SSSR count). The number of halogens is 3. The number of nitrogens with one attached hydrogen (secondary N) is 2. The van der Waals surface area contributed by atoms with Crippen LogP contribution in [0.3, 0.4) is 0 Å². The number of aryl methyl sites for hydroxylation is 2. The third kappa shape index (κ3) is 4.76. The fourth-order valence-corrected chi connectivity index (χ4v) is 5.79. The summed E-state index contributed by atoms with van der Waals surface area (Å²) in [5.41, 5.74) is -0.178. The van der Waals surface area contributed by atoms with Crippen molar-refractivity contribution < 1.29 is 35.6 Å². The van der Waals surface area contributed by atoms with E-state index in [1.807, 2.05) is 0 Å². The first kappa shape index (κ1) is 24.4. The summed E-state index contributed by atoms with van der Waals surface area (Å²) in [6, 6.07) is -0.405. The number of aromatic nitrogens is 2. The van der Waals surface area contributed by atoms with E-state index >= 15 is 0 Å². The number of urea groups is 1. The first-order valence-corrected chi connectivity index (χ1v) is 12.1.